The van der Waals surface area contributed by atoms with Gasteiger partial charge in [-0.25, -0.2) is 0 Å². The number of hydrogen-bond acceptors (Lipinski definition) is 1. The molecule has 1 heteroatoms. The highest BCUT2D eigenvalue weighted by Crippen LogP contribution is 2.61. The predicted molar refractivity (Wildman–Crippen MR) is 40.4 cm³/mol. The van der Waals surface area contributed by atoms with Crippen LogP contribution in [0.5, 0.6) is 0 Å². The second-order valence-corrected chi connectivity index (χ2v) is 4.46. The summed E-state index contributed by atoms with van der Waals surface area (Å²) in [4.78, 5) is 0. The van der Waals surface area contributed by atoms with E-state index in [2.05, 4.69) is 0 Å². The van der Waals surface area contributed by atoms with Gasteiger partial charge in [0.25, 0.3) is 0 Å². The van der Waals surface area contributed by atoms with Crippen LogP contribution in [-0.2, 0) is 0 Å². The first-order valence-corrected chi connectivity index (χ1v) is 4.62. The maximum Gasteiger partial charge on any atom is 0.00726 e. The highest BCUT2D eigenvalue weighted by atomic mass is 14.7. The van der Waals surface area contributed by atoms with Crippen LogP contribution in [0.4, 0.5) is 0 Å². The Kier molecular flexibility index (Phi) is 0.883. The van der Waals surface area contributed by atoms with Crippen molar-refractivity contribution in [3.05, 3.63) is 0 Å². The van der Waals surface area contributed by atoms with Crippen LogP contribution in [0, 0.1) is 23.7 Å². The van der Waals surface area contributed by atoms with Crippen LogP contribution >= 0.6 is 0 Å². The van der Waals surface area contributed by atoms with Gasteiger partial charge in [-0.1, -0.05) is 0 Å². The van der Waals surface area contributed by atoms with Crippen LogP contribution < -0.4 is 5.73 Å². The van der Waals surface area contributed by atoms with Crippen LogP contribution in [0.3, 0.4) is 0 Å². The van der Waals surface area contributed by atoms with Crippen LogP contribution in [0.1, 0.15) is 25.7 Å². The molecule has 0 aromatic heterocycles. The molecule has 0 spiro atoms. The monoisotopic (exact) mass is 137 g/mol. The second-order valence-electron chi connectivity index (χ2n) is 4.46. The Morgan fingerprint density at radius 1 is 0.900 bits per heavy atom. The van der Waals surface area contributed by atoms with E-state index in [4.69, 9.17) is 5.73 Å². The van der Waals surface area contributed by atoms with E-state index in [9.17, 15) is 0 Å². The van der Waals surface area contributed by atoms with Gasteiger partial charge in [0.1, 0.15) is 0 Å². The molecule has 2 N–H and O–H groups in total. The second kappa shape index (κ2) is 1.58. The maximum absolute atomic E-state index is 6.04. The van der Waals surface area contributed by atoms with Gasteiger partial charge < -0.3 is 5.73 Å². The minimum atomic E-state index is 0.586. The van der Waals surface area contributed by atoms with E-state index in [1.54, 1.807) is 0 Å². The van der Waals surface area contributed by atoms with Gasteiger partial charge in [0, 0.05) is 6.04 Å². The lowest BCUT2D eigenvalue weighted by Crippen LogP contribution is -2.42. The zero-order valence-corrected chi connectivity index (χ0v) is 6.29. The Morgan fingerprint density at radius 2 is 1.80 bits per heavy atom. The van der Waals surface area contributed by atoms with E-state index in [0.717, 1.165) is 23.7 Å². The molecule has 0 amide bonds. The van der Waals surface area contributed by atoms with Gasteiger partial charge in [-0.15, -0.1) is 0 Å². The fourth-order valence-corrected chi connectivity index (χ4v) is 3.45. The van der Waals surface area contributed by atoms with Gasteiger partial charge in [-0.2, -0.15) is 0 Å². The van der Waals surface area contributed by atoms with Crippen molar-refractivity contribution in [2.75, 3.05) is 0 Å². The van der Waals surface area contributed by atoms with Crippen molar-refractivity contribution in [1.82, 2.24) is 0 Å². The number of hydrogen-bond donors (Lipinski definition) is 1. The molecule has 0 aromatic carbocycles. The summed E-state index contributed by atoms with van der Waals surface area (Å²) in [6.45, 7) is 0. The third-order valence-corrected chi connectivity index (χ3v) is 4.04. The summed E-state index contributed by atoms with van der Waals surface area (Å²) in [5.74, 6) is 4.21. The Labute approximate surface area is 62.0 Å². The SMILES string of the molecule is NC1CC2CCC1C1CC21. The molecule has 0 aliphatic heterocycles. The van der Waals surface area contributed by atoms with E-state index in [1.807, 2.05) is 0 Å². The van der Waals surface area contributed by atoms with Crippen LogP contribution in [0.25, 0.3) is 0 Å². The van der Waals surface area contributed by atoms with E-state index in [-0.39, 0.29) is 0 Å². The van der Waals surface area contributed by atoms with Crippen molar-refractivity contribution in [2.45, 2.75) is 31.7 Å². The highest BCUT2D eigenvalue weighted by Gasteiger charge is 2.56. The van der Waals surface area contributed by atoms with Crippen LogP contribution in [0.15, 0.2) is 0 Å². The van der Waals surface area contributed by atoms with Gasteiger partial charge in [0.05, 0.1) is 0 Å². The molecule has 4 fully saturated rings. The molecule has 1 nitrogen and oxygen atoms in total. The molecule has 0 heterocycles. The summed E-state index contributed by atoms with van der Waals surface area (Å²) in [7, 11) is 0. The molecule has 5 unspecified atom stereocenters. The summed E-state index contributed by atoms with van der Waals surface area (Å²) >= 11 is 0. The zero-order chi connectivity index (χ0) is 6.72. The minimum absolute atomic E-state index is 0.586. The first-order chi connectivity index (χ1) is 4.86. The molecule has 10 heavy (non-hydrogen) atoms. The van der Waals surface area contributed by atoms with Crippen molar-refractivity contribution in [3.63, 3.8) is 0 Å². The standard InChI is InChI=1S/C9H15N/c10-9-3-5-1-2-6(9)8-4-7(5)8/h5-9H,1-4,10H2. The molecule has 56 valence electrons. The lowest BCUT2D eigenvalue weighted by Gasteiger charge is -2.40. The quantitative estimate of drug-likeness (QED) is 0.536. The topological polar surface area (TPSA) is 26.0 Å². The highest BCUT2D eigenvalue weighted by molar-refractivity contribution is 5.07. The van der Waals surface area contributed by atoms with Crippen molar-refractivity contribution < 1.29 is 0 Å². The number of fused-ring (bicyclic) bond motifs is 2. The lowest BCUT2D eigenvalue weighted by molar-refractivity contribution is 0.133. The van der Waals surface area contributed by atoms with Gasteiger partial charge in [0.15, 0.2) is 0 Å². The smallest absolute Gasteiger partial charge is 0.00726 e. The van der Waals surface area contributed by atoms with Crippen molar-refractivity contribution in [2.24, 2.45) is 29.4 Å². The molecule has 0 aromatic rings. The van der Waals surface area contributed by atoms with Crippen LogP contribution in [0.2, 0.25) is 0 Å². The molecular weight excluding hydrogens is 122 g/mol. The van der Waals surface area contributed by atoms with E-state index in [0.29, 0.717) is 6.04 Å². The van der Waals surface area contributed by atoms with E-state index >= 15 is 0 Å². The summed E-state index contributed by atoms with van der Waals surface area (Å²) in [5.41, 5.74) is 6.04. The summed E-state index contributed by atoms with van der Waals surface area (Å²) in [6.07, 6.45) is 5.83. The summed E-state index contributed by atoms with van der Waals surface area (Å²) in [6, 6.07) is 0.586. The third kappa shape index (κ3) is 0.531. The molecule has 4 aliphatic carbocycles. The largest absolute Gasteiger partial charge is 0.327 e. The molecule has 0 saturated heterocycles. The van der Waals surface area contributed by atoms with E-state index in [1.165, 1.54) is 25.7 Å². The maximum atomic E-state index is 6.04. The Bertz CT molecular complexity index is 164. The fraction of sp³-hybridized carbons (Fsp3) is 1.00. The third-order valence-electron chi connectivity index (χ3n) is 4.04. The predicted octanol–water partition coefficient (Wildman–Crippen LogP) is 1.38. The molecular formula is C9H15N. The molecule has 4 aliphatic rings. The van der Waals surface area contributed by atoms with Crippen molar-refractivity contribution >= 4 is 0 Å². The van der Waals surface area contributed by atoms with Crippen molar-refractivity contribution in [3.8, 4) is 0 Å². The first kappa shape index (κ1) is 5.59. The molecule has 4 saturated carbocycles. The summed E-state index contributed by atoms with van der Waals surface area (Å²) in [5, 5.41) is 0. The van der Waals surface area contributed by atoms with Gasteiger partial charge in [-0.3, -0.25) is 0 Å². The zero-order valence-electron chi connectivity index (χ0n) is 6.29. The van der Waals surface area contributed by atoms with Crippen molar-refractivity contribution in [1.29, 1.82) is 0 Å². The minimum Gasteiger partial charge on any atom is -0.327 e. The number of rotatable bonds is 0. The van der Waals surface area contributed by atoms with Gasteiger partial charge in [0.2, 0.25) is 0 Å². The normalized spacial score (nSPS) is 63.9. The average molecular weight is 137 g/mol. The summed E-state index contributed by atoms with van der Waals surface area (Å²) < 4.78 is 0. The lowest BCUT2D eigenvalue weighted by atomic mass is 9.68. The molecule has 4 rings (SSSR count). The molecule has 0 radical (unpaired) electrons. The van der Waals surface area contributed by atoms with Crippen LogP contribution in [-0.4, -0.2) is 6.04 Å². The fourth-order valence-electron chi connectivity index (χ4n) is 3.45. The number of nitrogens with two attached hydrogens (primary N) is 1. The molecule has 2 bridgehead atoms. The Balaban J connectivity index is 1.92. The van der Waals surface area contributed by atoms with Gasteiger partial charge >= 0.3 is 0 Å². The average Bonchev–Trinajstić information content (AvgIpc) is 2.66. The Hall–Kier alpha value is -0.0400. The Morgan fingerprint density at radius 3 is 2.40 bits per heavy atom. The van der Waals surface area contributed by atoms with Gasteiger partial charge in [-0.05, 0) is 49.4 Å². The van der Waals surface area contributed by atoms with E-state index < -0.39 is 0 Å². The molecule has 5 atom stereocenters. The first-order valence-electron chi connectivity index (χ1n) is 4.62.